The molecule has 0 bridgehead atoms. The van der Waals surface area contributed by atoms with Gasteiger partial charge in [-0.3, -0.25) is 9.78 Å². The second-order valence-electron chi connectivity index (χ2n) is 8.22. The molecule has 30 heavy (non-hydrogen) atoms. The summed E-state index contributed by atoms with van der Waals surface area (Å²) in [4.78, 5) is 30.2. The Morgan fingerprint density at radius 3 is 2.77 bits per heavy atom. The van der Waals surface area contributed by atoms with Gasteiger partial charge in [-0.25, -0.2) is 4.79 Å². The molecule has 1 aromatic heterocycles. The van der Waals surface area contributed by atoms with Gasteiger partial charge in [0, 0.05) is 16.8 Å². The predicted octanol–water partition coefficient (Wildman–Crippen LogP) is 4.77. The van der Waals surface area contributed by atoms with Crippen LogP contribution in [0.15, 0.2) is 42.5 Å². The molecular weight excluding hydrogens is 376 g/mol. The number of carbonyl (C=O) groups is 2. The molecule has 1 aliphatic rings. The van der Waals surface area contributed by atoms with E-state index in [1.165, 1.54) is 0 Å². The van der Waals surface area contributed by atoms with Crippen molar-refractivity contribution in [3.63, 3.8) is 0 Å². The third-order valence-electron chi connectivity index (χ3n) is 5.70. The number of pyridine rings is 1. The molecule has 1 aliphatic carbocycles. The number of anilines is 1. The number of hydrogen-bond donors (Lipinski definition) is 1. The number of amides is 1. The van der Waals surface area contributed by atoms with E-state index in [1.54, 1.807) is 0 Å². The molecule has 154 valence electrons. The summed E-state index contributed by atoms with van der Waals surface area (Å²) in [5.41, 5.74) is 6.10. The van der Waals surface area contributed by atoms with Gasteiger partial charge < -0.3 is 10.1 Å². The third-order valence-corrected chi connectivity index (χ3v) is 5.70. The van der Waals surface area contributed by atoms with Crippen molar-refractivity contribution in [2.75, 3.05) is 11.9 Å². The van der Waals surface area contributed by atoms with Gasteiger partial charge in [-0.05, 0) is 62.3 Å². The lowest BCUT2D eigenvalue weighted by atomic mass is 9.84. The van der Waals surface area contributed by atoms with E-state index in [0.29, 0.717) is 11.5 Å². The topological polar surface area (TPSA) is 68.3 Å². The molecule has 0 saturated heterocycles. The van der Waals surface area contributed by atoms with Crippen molar-refractivity contribution in [3.8, 4) is 0 Å². The molecule has 0 saturated carbocycles. The zero-order valence-electron chi connectivity index (χ0n) is 17.6. The van der Waals surface area contributed by atoms with E-state index < -0.39 is 5.97 Å². The number of carbonyl (C=O) groups excluding carboxylic acids is 2. The Kier molecular flexibility index (Phi) is 5.53. The molecule has 5 nitrogen and oxygen atoms in total. The monoisotopic (exact) mass is 402 g/mol. The van der Waals surface area contributed by atoms with Crippen molar-refractivity contribution in [1.29, 1.82) is 0 Å². The van der Waals surface area contributed by atoms with Crippen molar-refractivity contribution in [2.24, 2.45) is 5.92 Å². The highest BCUT2D eigenvalue weighted by atomic mass is 16.5. The molecule has 1 unspecified atom stereocenters. The van der Waals surface area contributed by atoms with Crippen LogP contribution in [0.2, 0.25) is 0 Å². The number of aromatic nitrogens is 1. The second-order valence-corrected chi connectivity index (χ2v) is 8.22. The van der Waals surface area contributed by atoms with Crippen molar-refractivity contribution in [3.05, 3.63) is 70.4 Å². The first-order chi connectivity index (χ1) is 14.4. The van der Waals surface area contributed by atoms with Gasteiger partial charge in [0.25, 0.3) is 5.91 Å². The Labute approximate surface area is 176 Å². The Balaban J connectivity index is 1.56. The van der Waals surface area contributed by atoms with Crippen LogP contribution in [0.4, 0.5) is 5.69 Å². The van der Waals surface area contributed by atoms with Crippen LogP contribution in [0.3, 0.4) is 0 Å². The van der Waals surface area contributed by atoms with Crippen molar-refractivity contribution >= 4 is 28.5 Å². The van der Waals surface area contributed by atoms with Crippen LogP contribution in [0.25, 0.3) is 10.9 Å². The van der Waals surface area contributed by atoms with Crippen LogP contribution in [0.5, 0.6) is 0 Å². The lowest BCUT2D eigenvalue weighted by Gasteiger charge is -2.24. The van der Waals surface area contributed by atoms with Gasteiger partial charge in [-0.2, -0.15) is 0 Å². The van der Waals surface area contributed by atoms with Gasteiger partial charge in [0.1, 0.15) is 0 Å². The zero-order valence-corrected chi connectivity index (χ0v) is 17.6. The second kappa shape index (κ2) is 8.27. The number of rotatable bonds is 4. The summed E-state index contributed by atoms with van der Waals surface area (Å²) in [7, 11) is 0. The Hall–Kier alpha value is -3.21. The number of esters is 1. The Morgan fingerprint density at radius 2 is 1.97 bits per heavy atom. The maximum absolute atomic E-state index is 13.1. The Bertz CT molecular complexity index is 1140. The molecule has 0 spiro atoms. The molecule has 1 atom stereocenters. The van der Waals surface area contributed by atoms with Crippen LogP contribution in [0.1, 0.15) is 46.1 Å². The quantitative estimate of drug-likeness (QED) is 0.638. The highest BCUT2D eigenvalue weighted by Crippen LogP contribution is 2.32. The molecule has 0 fully saturated rings. The van der Waals surface area contributed by atoms with Gasteiger partial charge in [-0.1, -0.05) is 42.8 Å². The standard InChI is InChI=1S/C25H26N2O3/c1-15-8-10-20(17(3)12-15)27-23(28)14-30-25(29)24-18-6-4-5-7-21(18)26-22-11-9-16(2)13-19(22)24/h4-8,10,12,16H,9,11,13-14H2,1-3H3,(H,27,28). The smallest absolute Gasteiger partial charge is 0.339 e. The number of aryl methyl sites for hydroxylation is 3. The third kappa shape index (κ3) is 4.06. The summed E-state index contributed by atoms with van der Waals surface area (Å²) < 4.78 is 5.46. The molecule has 2 aromatic carbocycles. The number of hydrogen-bond acceptors (Lipinski definition) is 4. The van der Waals surface area contributed by atoms with Crippen LogP contribution < -0.4 is 5.32 Å². The molecule has 1 amide bonds. The number of nitrogens with one attached hydrogen (secondary N) is 1. The Morgan fingerprint density at radius 1 is 1.17 bits per heavy atom. The fourth-order valence-electron chi connectivity index (χ4n) is 4.14. The molecular formula is C25H26N2O3. The molecule has 3 aromatic rings. The minimum atomic E-state index is -0.463. The van der Waals surface area contributed by atoms with E-state index in [-0.39, 0.29) is 12.5 Å². The number of para-hydroxylation sites is 1. The number of ether oxygens (including phenoxy) is 1. The minimum absolute atomic E-state index is 0.326. The van der Waals surface area contributed by atoms with Crippen molar-refractivity contribution in [1.82, 2.24) is 4.98 Å². The van der Waals surface area contributed by atoms with Crippen LogP contribution in [0, 0.1) is 19.8 Å². The largest absolute Gasteiger partial charge is 0.452 e. The molecule has 5 heteroatoms. The average molecular weight is 402 g/mol. The van der Waals surface area contributed by atoms with Gasteiger partial charge in [-0.15, -0.1) is 0 Å². The maximum atomic E-state index is 13.1. The van der Waals surface area contributed by atoms with Crippen molar-refractivity contribution < 1.29 is 14.3 Å². The molecule has 0 radical (unpaired) electrons. The highest BCUT2D eigenvalue weighted by Gasteiger charge is 2.26. The van der Waals surface area contributed by atoms with E-state index in [4.69, 9.17) is 9.72 Å². The van der Waals surface area contributed by atoms with Gasteiger partial charge in [0.05, 0.1) is 11.1 Å². The summed E-state index contributed by atoms with van der Waals surface area (Å²) in [5, 5.41) is 3.60. The first-order valence-corrected chi connectivity index (χ1v) is 10.4. The molecule has 1 heterocycles. The summed E-state index contributed by atoms with van der Waals surface area (Å²) in [6, 6.07) is 13.4. The van der Waals surface area contributed by atoms with Crippen molar-refractivity contribution in [2.45, 2.75) is 40.0 Å². The summed E-state index contributed by atoms with van der Waals surface area (Å²) in [6.07, 6.45) is 2.71. The highest BCUT2D eigenvalue weighted by molar-refractivity contribution is 6.06. The first kappa shape index (κ1) is 20.1. The van der Waals surface area contributed by atoms with Crippen LogP contribution in [-0.4, -0.2) is 23.5 Å². The summed E-state index contributed by atoms with van der Waals surface area (Å²) in [5.74, 6) is -0.328. The van der Waals surface area contributed by atoms with E-state index in [1.807, 2.05) is 56.3 Å². The fraction of sp³-hybridized carbons (Fsp3) is 0.320. The lowest BCUT2D eigenvalue weighted by molar-refractivity contribution is -0.119. The van der Waals surface area contributed by atoms with E-state index in [2.05, 4.69) is 12.2 Å². The summed E-state index contributed by atoms with van der Waals surface area (Å²) >= 11 is 0. The number of benzene rings is 2. The molecule has 1 N–H and O–H groups in total. The zero-order chi connectivity index (χ0) is 21.3. The number of nitrogens with zero attached hydrogens (tertiary/aromatic N) is 1. The van der Waals surface area contributed by atoms with Gasteiger partial charge in [0.15, 0.2) is 6.61 Å². The van der Waals surface area contributed by atoms with Crippen LogP contribution >= 0.6 is 0 Å². The molecule has 4 rings (SSSR count). The first-order valence-electron chi connectivity index (χ1n) is 10.4. The normalized spacial score (nSPS) is 15.5. The maximum Gasteiger partial charge on any atom is 0.339 e. The van der Waals surface area contributed by atoms with E-state index in [9.17, 15) is 9.59 Å². The van der Waals surface area contributed by atoms with E-state index in [0.717, 1.165) is 58.2 Å². The summed E-state index contributed by atoms with van der Waals surface area (Å²) in [6.45, 7) is 5.80. The fourth-order valence-corrected chi connectivity index (χ4v) is 4.14. The minimum Gasteiger partial charge on any atom is -0.452 e. The predicted molar refractivity (Wildman–Crippen MR) is 118 cm³/mol. The van der Waals surface area contributed by atoms with Gasteiger partial charge >= 0.3 is 5.97 Å². The van der Waals surface area contributed by atoms with Crippen LogP contribution in [-0.2, 0) is 22.4 Å². The van der Waals surface area contributed by atoms with Gasteiger partial charge in [0.2, 0.25) is 0 Å². The SMILES string of the molecule is Cc1ccc(NC(=O)COC(=O)c2c3c(nc4ccccc24)CCC(C)C3)c(C)c1. The average Bonchev–Trinajstić information content (AvgIpc) is 2.72. The number of fused-ring (bicyclic) bond motifs is 2. The van der Waals surface area contributed by atoms with E-state index >= 15 is 0 Å². The lowest BCUT2D eigenvalue weighted by Crippen LogP contribution is -2.24. The molecule has 0 aliphatic heterocycles.